The molecule has 3 heterocycles. The van der Waals surface area contributed by atoms with Crippen LogP contribution in [0, 0.1) is 3.95 Å². The number of fused-ring (bicyclic) bond motifs is 3. The van der Waals surface area contributed by atoms with Crippen LogP contribution < -0.4 is 16.2 Å². The molecule has 2 amide bonds. The van der Waals surface area contributed by atoms with Crippen molar-refractivity contribution in [3.63, 3.8) is 0 Å². The zero-order chi connectivity index (χ0) is 24.4. The Hall–Kier alpha value is -2.56. The summed E-state index contributed by atoms with van der Waals surface area (Å²) in [5, 5.41) is 6.49. The Morgan fingerprint density at radius 3 is 2.63 bits per heavy atom. The van der Waals surface area contributed by atoms with Gasteiger partial charge in [-0.25, -0.2) is 0 Å². The minimum Gasteiger partial charge on any atom is -0.352 e. The highest BCUT2D eigenvalue weighted by atomic mass is 32.1. The molecule has 0 spiro atoms. The number of piperidine rings is 1. The van der Waals surface area contributed by atoms with Crippen molar-refractivity contribution >= 4 is 51.9 Å². The number of benzene rings is 1. The molecule has 3 N–H and O–H groups in total. The second-order valence-corrected chi connectivity index (χ2v) is 11.2. The average molecular weight is 514 g/mol. The number of likely N-dealkylation sites (tertiary alicyclic amines) is 1. The Morgan fingerprint density at radius 2 is 1.86 bits per heavy atom. The van der Waals surface area contributed by atoms with Crippen LogP contribution in [-0.2, 0) is 0 Å². The molecule has 1 aliphatic heterocycles. The predicted octanol–water partition coefficient (Wildman–Crippen LogP) is 3.85. The van der Waals surface area contributed by atoms with Gasteiger partial charge in [0.15, 0.2) is 3.95 Å². The van der Waals surface area contributed by atoms with Gasteiger partial charge in [0, 0.05) is 18.2 Å². The number of H-pyrrole nitrogens is 1. The summed E-state index contributed by atoms with van der Waals surface area (Å²) in [6.07, 6.45) is 8.89. The van der Waals surface area contributed by atoms with Crippen molar-refractivity contribution in [3.8, 4) is 0 Å². The highest BCUT2D eigenvalue weighted by Gasteiger charge is 2.23. The van der Waals surface area contributed by atoms with Crippen LogP contribution in [0.2, 0.25) is 0 Å². The minimum absolute atomic E-state index is 0.163. The van der Waals surface area contributed by atoms with E-state index in [1.807, 2.05) is 0 Å². The number of hydrogen-bond donors (Lipinski definition) is 3. The summed E-state index contributed by atoms with van der Waals surface area (Å²) < 4.78 is 2.16. The van der Waals surface area contributed by atoms with Crippen LogP contribution in [0.15, 0.2) is 23.0 Å². The van der Waals surface area contributed by atoms with Crippen LogP contribution in [0.3, 0.4) is 0 Å². The van der Waals surface area contributed by atoms with Crippen LogP contribution >= 0.6 is 23.6 Å². The second-order valence-electron chi connectivity index (χ2n) is 9.53. The van der Waals surface area contributed by atoms with Crippen LogP contribution in [0.1, 0.15) is 71.4 Å². The Bertz CT molecular complexity index is 1360. The standard InChI is InChI=1S/C25H31N5O3S2/c31-22(26-11-6-14-29-12-4-1-5-13-29)16-9-10-18-19(15-16)30-21(28-23(18)32)20(35-25(30)34)24(33)27-17-7-2-3-8-17/h9-10,15,17H,1-8,11-14H2,(H,26,31)(H,27,33)(H,28,32). The third kappa shape index (κ3) is 5.19. The monoisotopic (exact) mass is 513 g/mol. The number of rotatable bonds is 7. The largest absolute Gasteiger partial charge is 0.352 e. The molecule has 8 nitrogen and oxygen atoms in total. The lowest BCUT2D eigenvalue weighted by Gasteiger charge is -2.26. The van der Waals surface area contributed by atoms with Crippen LogP contribution in [-0.4, -0.2) is 58.3 Å². The smallest absolute Gasteiger partial charge is 0.265 e. The lowest BCUT2D eigenvalue weighted by molar-refractivity contribution is 0.0937. The molecule has 3 aromatic rings. The number of aromatic nitrogens is 2. The molecule has 0 radical (unpaired) electrons. The molecule has 186 valence electrons. The van der Waals surface area contributed by atoms with Gasteiger partial charge in [0.2, 0.25) is 0 Å². The molecule has 2 aromatic heterocycles. The fourth-order valence-corrected chi connectivity index (χ4v) is 6.48. The number of aromatic amines is 1. The van der Waals surface area contributed by atoms with Gasteiger partial charge in [-0.2, -0.15) is 0 Å². The highest BCUT2D eigenvalue weighted by molar-refractivity contribution is 7.73. The van der Waals surface area contributed by atoms with E-state index >= 15 is 0 Å². The molecule has 1 saturated carbocycles. The van der Waals surface area contributed by atoms with Crippen LogP contribution in [0.4, 0.5) is 0 Å². The number of nitrogens with zero attached hydrogens (tertiary/aromatic N) is 2. The van der Waals surface area contributed by atoms with E-state index < -0.39 is 0 Å². The van der Waals surface area contributed by atoms with Gasteiger partial charge in [-0.1, -0.05) is 30.6 Å². The summed E-state index contributed by atoms with van der Waals surface area (Å²) in [6.45, 7) is 3.88. The quantitative estimate of drug-likeness (QED) is 0.329. The van der Waals surface area contributed by atoms with Crippen molar-refractivity contribution in [3.05, 3.63) is 42.9 Å². The maximum absolute atomic E-state index is 13.0. The first kappa shape index (κ1) is 24.1. The van der Waals surface area contributed by atoms with Crippen molar-refractivity contribution in [1.82, 2.24) is 24.9 Å². The fraction of sp³-hybridized carbons (Fsp3) is 0.520. The lowest BCUT2D eigenvalue weighted by atomic mass is 10.1. The van der Waals surface area contributed by atoms with E-state index in [0.717, 1.165) is 51.7 Å². The molecule has 0 unspecified atom stereocenters. The molecule has 0 bridgehead atoms. The normalized spacial score (nSPS) is 17.3. The topological polar surface area (TPSA) is 98.7 Å². The van der Waals surface area contributed by atoms with Gasteiger partial charge in [0.1, 0.15) is 10.5 Å². The van der Waals surface area contributed by atoms with Crippen LogP contribution in [0.25, 0.3) is 16.6 Å². The maximum Gasteiger partial charge on any atom is 0.265 e. The molecule has 2 fully saturated rings. The van der Waals surface area contributed by atoms with E-state index in [4.69, 9.17) is 12.2 Å². The van der Waals surface area contributed by atoms with Gasteiger partial charge in [0.05, 0.1) is 10.9 Å². The van der Waals surface area contributed by atoms with Gasteiger partial charge in [-0.05, 0) is 82.2 Å². The fourth-order valence-electron chi connectivity index (χ4n) is 5.19. The summed E-state index contributed by atoms with van der Waals surface area (Å²) >= 11 is 6.76. The highest BCUT2D eigenvalue weighted by Crippen LogP contribution is 2.25. The maximum atomic E-state index is 13.0. The molecule has 1 saturated heterocycles. The number of carbonyl (C=O) groups is 2. The molecule has 0 atom stereocenters. The van der Waals surface area contributed by atoms with Crippen molar-refractivity contribution < 1.29 is 9.59 Å². The van der Waals surface area contributed by atoms with E-state index in [1.165, 1.54) is 30.6 Å². The van der Waals surface area contributed by atoms with E-state index in [1.54, 1.807) is 22.6 Å². The molecule has 35 heavy (non-hydrogen) atoms. The van der Waals surface area contributed by atoms with Gasteiger partial charge < -0.3 is 20.5 Å². The van der Waals surface area contributed by atoms with E-state index in [2.05, 4.69) is 20.5 Å². The third-order valence-corrected chi connectivity index (χ3v) is 8.44. The Balaban J connectivity index is 1.37. The summed E-state index contributed by atoms with van der Waals surface area (Å²) in [4.78, 5) is 44.3. The summed E-state index contributed by atoms with van der Waals surface area (Å²) in [6, 6.07) is 5.16. The molecule has 5 rings (SSSR count). The Labute approximate surface area is 212 Å². The Kier molecular flexibility index (Phi) is 7.31. The van der Waals surface area contributed by atoms with Crippen molar-refractivity contribution in [2.75, 3.05) is 26.2 Å². The summed E-state index contributed by atoms with van der Waals surface area (Å²) in [7, 11) is 0. The summed E-state index contributed by atoms with van der Waals surface area (Å²) in [5.74, 6) is -0.395. The molecule has 1 aliphatic carbocycles. The first-order valence-electron chi connectivity index (χ1n) is 12.5. The molecule has 1 aromatic carbocycles. The SMILES string of the molecule is O=C(NCCCN1CCCCC1)c1ccc2c(=O)[nH]c3c(C(=O)NC4CCCC4)sc(=S)n3c2c1. The molecular weight excluding hydrogens is 482 g/mol. The molecular formula is C25H31N5O3S2. The zero-order valence-electron chi connectivity index (χ0n) is 19.7. The van der Waals surface area contributed by atoms with Gasteiger partial charge in [-0.3, -0.25) is 18.8 Å². The zero-order valence-corrected chi connectivity index (χ0v) is 21.4. The average Bonchev–Trinajstić information content (AvgIpc) is 3.49. The summed E-state index contributed by atoms with van der Waals surface area (Å²) in [5.41, 5.74) is 1.07. The first-order valence-corrected chi connectivity index (χ1v) is 13.8. The van der Waals surface area contributed by atoms with E-state index in [9.17, 15) is 14.4 Å². The number of amides is 2. The van der Waals surface area contributed by atoms with E-state index in [-0.39, 0.29) is 23.4 Å². The van der Waals surface area contributed by atoms with Gasteiger partial charge in [0.25, 0.3) is 17.4 Å². The van der Waals surface area contributed by atoms with Crippen molar-refractivity contribution in [2.24, 2.45) is 0 Å². The Morgan fingerprint density at radius 1 is 1.09 bits per heavy atom. The van der Waals surface area contributed by atoms with Gasteiger partial charge >= 0.3 is 0 Å². The number of carbonyl (C=O) groups excluding carboxylic acids is 2. The number of nitrogens with one attached hydrogen (secondary N) is 3. The molecule has 10 heteroatoms. The predicted molar refractivity (Wildman–Crippen MR) is 141 cm³/mol. The third-order valence-electron chi connectivity index (χ3n) is 7.07. The van der Waals surface area contributed by atoms with Gasteiger partial charge in [-0.15, -0.1) is 0 Å². The van der Waals surface area contributed by atoms with Crippen molar-refractivity contribution in [2.45, 2.75) is 57.4 Å². The first-order chi connectivity index (χ1) is 17.0. The molecule has 2 aliphatic rings. The van der Waals surface area contributed by atoms with Crippen molar-refractivity contribution in [1.29, 1.82) is 0 Å². The van der Waals surface area contributed by atoms with Crippen LogP contribution in [0.5, 0.6) is 0 Å². The lowest BCUT2D eigenvalue weighted by Crippen LogP contribution is -2.33. The van der Waals surface area contributed by atoms with E-state index in [0.29, 0.717) is 37.5 Å². The second kappa shape index (κ2) is 10.6. The number of thiazole rings is 1. The minimum atomic E-state index is -0.309. The number of hydrogen-bond acceptors (Lipinski definition) is 6.